The Labute approximate surface area is 110 Å². The van der Waals surface area contributed by atoms with E-state index in [2.05, 4.69) is 10.6 Å². The molecule has 1 amide bonds. The number of anilines is 1. The van der Waals surface area contributed by atoms with E-state index < -0.39 is 0 Å². The molecular formula is C12H15ClN3O2. The lowest BCUT2D eigenvalue weighted by molar-refractivity contribution is -0.114. The predicted octanol–water partition coefficient (Wildman–Crippen LogP) is 1.40. The van der Waals surface area contributed by atoms with Crippen LogP contribution in [0.2, 0.25) is 5.02 Å². The van der Waals surface area contributed by atoms with Crippen molar-refractivity contribution in [3.8, 4) is 0 Å². The van der Waals surface area contributed by atoms with E-state index in [1.807, 2.05) is 0 Å². The van der Waals surface area contributed by atoms with Gasteiger partial charge in [-0.25, -0.2) is 5.32 Å². The second-order valence-corrected chi connectivity index (χ2v) is 4.80. The summed E-state index contributed by atoms with van der Waals surface area (Å²) in [5.74, 6) is -0.278. The van der Waals surface area contributed by atoms with E-state index in [1.165, 1.54) is 13.0 Å². The molecule has 1 radical (unpaired) electrons. The zero-order chi connectivity index (χ0) is 13.1. The zero-order valence-corrected chi connectivity index (χ0v) is 10.9. The molecule has 1 aliphatic heterocycles. The van der Waals surface area contributed by atoms with E-state index in [0.717, 1.165) is 25.9 Å². The van der Waals surface area contributed by atoms with Crippen LogP contribution >= 0.6 is 11.6 Å². The van der Waals surface area contributed by atoms with Gasteiger partial charge in [0.05, 0.1) is 5.02 Å². The minimum atomic E-state index is -0.278. The van der Waals surface area contributed by atoms with Crippen molar-refractivity contribution in [2.45, 2.75) is 25.8 Å². The molecule has 0 saturated carbocycles. The highest BCUT2D eigenvalue weighted by Gasteiger charge is 2.18. The first-order valence-electron chi connectivity index (χ1n) is 5.90. The molecule has 0 aliphatic carbocycles. The van der Waals surface area contributed by atoms with Crippen LogP contribution in [0.1, 0.15) is 25.8 Å². The Hall–Kier alpha value is -1.33. The molecule has 0 unspecified atom stereocenters. The molecule has 1 N–H and O–H groups in total. The summed E-state index contributed by atoms with van der Waals surface area (Å²) in [4.78, 5) is 23.3. The monoisotopic (exact) mass is 268 g/mol. The summed E-state index contributed by atoms with van der Waals surface area (Å²) in [5, 5.41) is 7.22. The van der Waals surface area contributed by atoms with Crippen molar-refractivity contribution in [1.82, 2.24) is 9.88 Å². The molecule has 1 aromatic heterocycles. The molecule has 1 saturated heterocycles. The number of pyridine rings is 1. The summed E-state index contributed by atoms with van der Waals surface area (Å²) in [6, 6.07) is 1.59. The van der Waals surface area contributed by atoms with Crippen LogP contribution < -0.4 is 16.2 Å². The molecule has 97 valence electrons. The van der Waals surface area contributed by atoms with Gasteiger partial charge in [0, 0.05) is 32.3 Å². The minimum absolute atomic E-state index is 0.112. The number of aromatic nitrogens is 1. The quantitative estimate of drug-likeness (QED) is 0.881. The van der Waals surface area contributed by atoms with Crippen molar-refractivity contribution in [2.24, 2.45) is 0 Å². The van der Waals surface area contributed by atoms with Gasteiger partial charge in [0.15, 0.2) is 0 Å². The van der Waals surface area contributed by atoms with Crippen molar-refractivity contribution in [3.05, 3.63) is 27.6 Å². The number of hydrogen-bond acceptors (Lipinski definition) is 2. The fraction of sp³-hybridized carbons (Fsp3) is 0.500. The SMILES string of the molecule is CC(=O)Nc1cc(Cl)cn(C2CC[N]CC2)c1=O. The van der Waals surface area contributed by atoms with Gasteiger partial charge < -0.3 is 9.88 Å². The van der Waals surface area contributed by atoms with E-state index in [4.69, 9.17) is 11.6 Å². The van der Waals surface area contributed by atoms with Gasteiger partial charge in [0.1, 0.15) is 5.69 Å². The Morgan fingerprint density at radius 3 is 2.78 bits per heavy atom. The second-order valence-electron chi connectivity index (χ2n) is 4.37. The average molecular weight is 269 g/mol. The third-order valence-corrected chi connectivity index (χ3v) is 3.16. The van der Waals surface area contributed by atoms with Crippen molar-refractivity contribution >= 4 is 23.2 Å². The smallest absolute Gasteiger partial charge is 0.274 e. The summed E-state index contributed by atoms with van der Waals surface area (Å²) in [7, 11) is 0. The zero-order valence-electron chi connectivity index (χ0n) is 10.1. The number of carbonyl (C=O) groups is 1. The molecule has 0 atom stereocenters. The molecule has 2 heterocycles. The van der Waals surface area contributed by atoms with E-state index in [0.29, 0.717) is 5.02 Å². The highest BCUT2D eigenvalue weighted by atomic mass is 35.5. The lowest BCUT2D eigenvalue weighted by atomic mass is 10.1. The lowest BCUT2D eigenvalue weighted by Gasteiger charge is -2.24. The van der Waals surface area contributed by atoms with Gasteiger partial charge in [-0.3, -0.25) is 9.59 Å². The van der Waals surface area contributed by atoms with Crippen LogP contribution in [-0.4, -0.2) is 23.6 Å². The Kier molecular flexibility index (Phi) is 4.04. The number of piperidine rings is 1. The van der Waals surface area contributed by atoms with Gasteiger partial charge in [0.25, 0.3) is 5.56 Å². The molecule has 5 nitrogen and oxygen atoms in total. The summed E-state index contributed by atoms with van der Waals surface area (Å²) in [6.07, 6.45) is 3.30. The molecule has 0 aromatic carbocycles. The molecule has 1 fully saturated rings. The summed E-state index contributed by atoms with van der Waals surface area (Å²) >= 11 is 5.99. The molecule has 2 rings (SSSR count). The third kappa shape index (κ3) is 2.91. The first-order chi connectivity index (χ1) is 8.58. The fourth-order valence-electron chi connectivity index (χ4n) is 2.13. The molecule has 0 spiro atoms. The Bertz CT molecular complexity index is 507. The third-order valence-electron chi connectivity index (χ3n) is 2.95. The number of nitrogens with zero attached hydrogens (tertiary/aromatic N) is 2. The maximum Gasteiger partial charge on any atom is 0.274 e. The highest BCUT2D eigenvalue weighted by molar-refractivity contribution is 6.30. The van der Waals surface area contributed by atoms with Crippen LogP contribution in [0.25, 0.3) is 0 Å². The van der Waals surface area contributed by atoms with E-state index >= 15 is 0 Å². The van der Waals surface area contributed by atoms with Gasteiger partial charge >= 0.3 is 0 Å². The first kappa shape index (κ1) is 13.1. The largest absolute Gasteiger partial charge is 0.322 e. The molecule has 6 heteroatoms. The van der Waals surface area contributed by atoms with Gasteiger partial charge in [-0.15, -0.1) is 0 Å². The minimum Gasteiger partial charge on any atom is -0.322 e. The van der Waals surface area contributed by atoms with Crippen LogP contribution in [0, 0.1) is 0 Å². The van der Waals surface area contributed by atoms with Gasteiger partial charge in [-0.05, 0) is 18.9 Å². The van der Waals surface area contributed by atoms with E-state index in [9.17, 15) is 9.59 Å². The molecule has 1 aliphatic rings. The highest BCUT2D eigenvalue weighted by Crippen LogP contribution is 2.20. The predicted molar refractivity (Wildman–Crippen MR) is 70.2 cm³/mol. The number of nitrogens with one attached hydrogen (secondary N) is 1. The maximum absolute atomic E-state index is 12.2. The standard InChI is InChI=1S/C12H15ClN3O2/c1-8(17)15-11-6-9(13)7-16(12(11)18)10-2-4-14-5-3-10/h6-7,10H,2-5H2,1H3,(H,15,17). The molecule has 1 aromatic rings. The number of rotatable bonds is 2. The van der Waals surface area contributed by atoms with Crippen LogP contribution in [0.5, 0.6) is 0 Å². The average Bonchev–Trinajstić information content (AvgIpc) is 2.34. The summed E-state index contributed by atoms with van der Waals surface area (Å²) in [5.41, 5.74) is 0.0269. The van der Waals surface area contributed by atoms with Gasteiger partial charge in [0.2, 0.25) is 5.91 Å². The first-order valence-corrected chi connectivity index (χ1v) is 6.28. The molecule has 18 heavy (non-hydrogen) atoms. The lowest BCUT2D eigenvalue weighted by Crippen LogP contribution is -2.32. The number of carbonyl (C=O) groups excluding carboxylic acids is 1. The Morgan fingerprint density at radius 1 is 1.50 bits per heavy atom. The van der Waals surface area contributed by atoms with Crippen LogP contribution in [0.3, 0.4) is 0 Å². The van der Waals surface area contributed by atoms with Crippen LogP contribution in [0.4, 0.5) is 5.69 Å². The van der Waals surface area contributed by atoms with Gasteiger partial charge in [-0.2, -0.15) is 0 Å². The van der Waals surface area contributed by atoms with Crippen LogP contribution in [0.15, 0.2) is 17.1 Å². The van der Waals surface area contributed by atoms with E-state index in [1.54, 1.807) is 10.8 Å². The van der Waals surface area contributed by atoms with Crippen molar-refractivity contribution in [1.29, 1.82) is 0 Å². The molecule has 0 bridgehead atoms. The summed E-state index contributed by atoms with van der Waals surface area (Å²) < 4.78 is 1.61. The van der Waals surface area contributed by atoms with Gasteiger partial charge in [-0.1, -0.05) is 11.6 Å². The fourth-order valence-corrected chi connectivity index (χ4v) is 2.35. The number of hydrogen-bond donors (Lipinski definition) is 1. The second kappa shape index (κ2) is 5.54. The maximum atomic E-state index is 12.2. The molecular weight excluding hydrogens is 254 g/mol. The van der Waals surface area contributed by atoms with Crippen molar-refractivity contribution < 1.29 is 4.79 Å². The van der Waals surface area contributed by atoms with Crippen molar-refractivity contribution in [3.63, 3.8) is 0 Å². The number of halogens is 1. The van der Waals surface area contributed by atoms with Crippen LogP contribution in [-0.2, 0) is 4.79 Å². The van der Waals surface area contributed by atoms with E-state index in [-0.39, 0.29) is 23.2 Å². The summed E-state index contributed by atoms with van der Waals surface area (Å²) in [6.45, 7) is 2.89. The number of amides is 1. The Morgan fingerprint density at radius 2 is 2.17 bits per heavy atom. The Balaban J connectivity index is 2.37. The normalized spacial score (nSPS) is 16.6. The van der Waals surface area contributed by atoms with Crippen molar-refractivity contribution in [2.75, 3.05) is 18.4 Å². The topological polar surface area (TPSA) is 65.2 Å².